The normalized spacial score (nSPS) is 14.0. The van der Waals surface area contributed by atoms with Crippen molar-refractivity contribution in [1.29, 1.82) is 5.26 Å². The van der Waals surface area contributed by atoms with Crippen molar-refractivity contribution in [2.75, 3.05) is 20.8 Å². The molecule has 0 amide bonds. The van der Waals surface area contributed by atoms with Gasteiger partial charge in [0.15, 0.2) is 0 Å². The van der Waals surface area contributed by atoms with Crippen molar-refractivity contribution >= 4 is 16.4 Å². The first-order valence-electron chi connectivity index (χ1n) is 14.7. The summed E-state index contributed by atoms with van der Waals surface area (Å²) in [6.45, 7) is 10.7. The summed E-state index contributed by atoms with van der Waals surface area (Å²) in [7, 11) is 8.17. The zero-order valence-corrected chi connectivity index (χ0v) is 27.3. The zero-order valence-electron chi connectivity index (χ0n) is 26.4. The van der Waals surface area contributed by atoms with Crippen molar-refractivity contribution in [1.82, 2.24) is 4.67 Å². The number of ether oxygens (including phenoxy) is 3. The third-order valence-corrected chi connectivity index (χ3v) is 9.34. The average molecular weight is 603 g/mol. The van der Waals surface area contributed by atoms with Crippen LogP contribution in [0.15, 0.2) is 78.9 Å². The number of hydrogen-bond acceptors (Lipinski definition) is 7. The quantitative estimate of drug-likeness (QED) is 0.0680. The molecule has 3 aromatic rings. The fourth-order valence-corrected chi connectivity index (χ4v) is 6.91. The van der Waals surface area contributed by atoms with Gasteiger partial charge in [0, 0.05) is 12.1 Å². The van der Waals surface area contributed by atoms with Gasteiger partial charge in [0.25, 0.3) is 8.53 Å². The summed E-state index contributed by atoms with van der Waals surface area (Å²) >= 11 is 0. The molecule has 0 aliphatic heterocycles. The Kier molecular flexibility index (Phi) is 13.5. The minimum Gasteiger partial charge on any atom is -0.497 e. The number of hydrogen-bond donors (Lipinski definition) is 0. The number of benzene rings is 3. The van der Waals surface area contributed by atoms with E-state index in [0.29, 0.717) is 0 Å². The van der Waals surface area contributed by atoms with Crippen LogP contribution >= 0.6 is 8.53 Å². The van der Waals surface area contributed by atoms with Crippen LogP contribution in [-0.4, -0.2) is 57.6 Å². The van der Waals surface area contributed by atoms with E-state index < -0.39 is 26.3 Å². The summed E-state index contributed by atoms with van der Waals surface area (Å²) in [5, 5.41) is 9.14. The maximum Gasteiger partial charge on any atom is 0.259 e. The molecule has 2 radical (unpaired) electrons. The molecule has 0 heterocycles. The van der Waals surface area contributed by atoms with Gasteiger partial charge in [-0.2, -0.15) is 5.26 Å². The van der Waals surface area contributed by atoms with Gasteiger partial charge in [-0.3, -0.25) is 0 Å². The third-order valence-electron chi connectivity index (χ3n) is 7.18. The fraction of sp³-hybridized carbons (Fsp3) is 0.441. The lowest BCUT2D eigenvalue weighted by atomic mass is 9.79. The number of methoxy groups -OCH3 is 2. The highest BCUT2D eigenvalue weighted by Gasteiger charge is 2.41. The molecule has 0 aliphatic carbocycles. The second-order valence-electron chi connectivity index (χ2n) is 10.8. The first kappa shape index (κ1) is 34.6. The maximum absolute atomic E-state index is 9.14. The summed E-state index contributed by atoms with van der Waals surface area (Å²) in [5.41, 5.74) is 1.78. The Bertz CT molecular complexity index is 1210. The number of nitriles is 1. The molecule has 43 heavy (non-hydrogen) atoms. The molecule has 0 fully saturated rings. The average Bonchev–Trinajstić information content (AvgIpc) is 3.02. The van der Waals surface area contributed by atoms with Crippen LogP contribution in [0, 0.1) is 11.3 Å². The molecular formula is C34H44BN2O5P. The SMILES string of the molecule is [B]CC(OP(OCCC#N)N(C(C)C)C(C)C)C(C)OC(c1ccccc1)(c1ccc(OC)cc1)c1ccc(OC)cc1. The molecule has 0 spiro atoms. The molecule has 0 N–H and O–H groups in total. The van der Waals surface area contributed by atoms with Crippen LogP contribution in [0.4, 0.5) is 0 Å². The van der Waals surface area contributed by atoms with Crippen LogP contribution in [-0.2, 0) is 19.4 Å². The molecule has 0 saturated heterocycles. The van der Waals surface area contributed by atoms with E-state index in [4.69, 9.17) is 36.4 Å². The van der Waals surface area contributed by atoms with Gasteiger partial charge in [0.05, 0.1) is 53.4 Å². The van der Waals surface area contributed by atoms with Crippen molar-refractivity contribution in [2.45, 2.75) is 77.3 Å². The van der Waals surface area contributed by atoms with Gasteiger partial charge in [0.1, 0.15) is 17.1 Å². The van der Waals surface area contributed by atoms with E-state index in [-0.39, 0.29) is 31.4 Å². The Balaban J connectivity index is 2.12. The molecule has 0 aromatic heterocycles. The molecule has 0 bridgehead atoms. The predicted octanol–water partition coefficient (Wildman–Crippen LogP) is 7.65. The van der Waals surface area contributed by atoms with Crippen LogP contribution < -0.4 is 9.47 Å². The summed E-state index contributed by atoms with van der Waals surface area (Å²) in [6, 6.07) is 28.5. The second-order valence-corrected chi connectivity index (χ2v) is 12.2. The maximum atomic E-state index is 9.14. The van der Waals surface area contributed by atoms with Crippen LogP contribution in [0.1, 0.15) is 57.7 Å². The topological polar surface area (TPSA) is 73.2 Å². The molecule has 228 valence electrons. The Morgan fingerprint density at radius 1 is 0.791 bits per heavy atom. The molecule has 0 aliphatic rings. The summed E-state index contributed by atoms with van der Waals surface area (Å²) in [6.07, 6.45) is -0.493. The third kappa shape index (κ3) is 8.59. The van der Waals surface area contributed by atoms with Crippen molar-refractivity contribution in [3.8, 4) is 17.6 Å². The first-order chi connectivity index (χ1) is 20.7. The smallest absolute Gasteiger partial charge is 0.259 e. The van der Waals surface area contributed by atoms with Gasteiger partial charge in [-0.25, -0.2) is 4.67 Å². The van der Waals surface area contributed by atoms with E-state index in [1.54, 1.807) is 14.2 Å². The summed E-state index contributed by atoms with van der Waals surface area (Å²) in [4.78, 5) is 0. The number of nitrogens with zero attached hydrogens (tertiary/aromatic N) is 2. The summed E-state index contributed by atoms with van der Waals surface area (Å²) < 4.78 is 33.2. The minimum absolute atomic E-state index is 0.157. The van der Waals surface area contributed by atoms with E-state index in [1.165, 1.54) is 0 Å². The van der Waals surface area contributed by atoms with Crippen LogP contribution in [0.25, 0.3) is 0 Å². The molecule has 7 nitrogen and oxygen atoms in total. The molecule has 3 unspecified atom stereocenters. The molecule has 3 aromatic carbocycles. The molecule has 0 saturated carbocycles. The highest BCUT2D eigenvalue weighted by atomic mass is 31.2. The number of rotatable bonds is 17. The van der Waals surface area contributed by atoms with Crippen molar-refractivity contribution in [3.05, 3.63) is 95.6 Å². The van der Waals surface area contributed by atoms with Gasteiger partial charge in [-0.05, 0) is 75.6 Å². The fourth-order valence-electron chi connectivity index (χ4n) is 5.11. The van der Waals surface area contributed by atoms with Gasteiger partial charge in [0.2, 0.25) is 0 Å². The van der Waals surface area contributed by atoms with Crippen molar-refractivity contribution < 1.29 is 23.3 Å². The minimum atomic E-state index is -1.52. The Morgan fingerprint density at radius 2 is 1.28 bits per heavy atom. The van der Waals surface area contributed by atoms with Gasteiger partial charge >= 0.3 is 0 Å². The largest absolute Gasteiger partial charge is 0.497 e. The molecule has 3 rings (SSSR count). The lowest BCUT2D eigenvalue weighted by molar-refractivity contribution is -0.0832. The highest BCUT2D eigenvalue weighted by molar-refractivity contribution is 7.44. The van der Waals surface area contributed by atoms with Crippen LogP contribution in [0.2, 0.25) is 6.32 Å². The Hall–Kier alpha value is -2.92. The van der Waals surface area contributed by atoms with Crippen molar-refractivity contribution in [3.63, 3.8) is 0 Å². The lowest BCUT2D eigenvalue weighted by Crippen LogP contribution is -2.42. The van der Waals surface area contributed by atoms with E-state index in [1.807, 2.05) is 73.7 Å². The monoisotopic (exact) mass is 602 g/mol. The van der Waals surface area contributed by atoms with Gasteiger partial charge in [-0.1, -0.05) is 60.9 Å². The predicted molar refractivity (Wildman–Crippen MR) is 174 cm³/mol. The van der Waals surface area contributed by atoms with E-state index >= 15 is 0 Å². The highest BCUT2D eigenvalue weighted by Crippen LogP contribution is 2.49. The standard InChI is InChI=1S/C34H44BN2O5P/c1-25(2)37(26(3)4)43(40-23-11-22-36)42-33(24-35)27(5)41-34(28-12-9-8-10-13-28,29-14-18-31(38-6)19-15-29)30-16-20-32(39-7)21-17-30/h8-10,12-21,25-27,33H,11,23-24H2,1-7H3. The molecule has 3 atom stereocenters. The van der Waals surface area contributed by atoms with Crippen molar-refractivity contribution in [2.24, 2.45) is 0 Å². The molecular weight excluding hydrogens is 558 g/mol. The Labute approximate surface area is 260 Å². The van der Waals surface area contributed by atoms with Gasteiger partial charge in [-0.15, -0.1) is 0 Å². The molecule has 9 heteroatoms. The zero-order chi connectivity index (χ0) is 31.4. The first-order valence-corrected chi connectivity index (χ1v) is 15.8. The van der Waals surface area contributed by atoms with Crippen LogP contribution in [0.3, 0.4) is 0 Å². The van der Waals surface area contributed by atoms with E-state index in [2.05, 4.69) is 50.6 Å². The van der Waals surface area contributed by atoms with E-state index in [0.717, 1.165) is 28.2 Å². The van der Waals surface area contributed by atoms with Gasteiger partial charge < -0.3 is 23.3 Å². The van der Waals surface area contributed by atoms with Crippen LogP contribution in [0.5, 0.6) is 11.5 Å². The van der Waals surface area contributed by atoms with E-state index in [9.17, 15) is 0 Å². The summed E-state index contributed by atoms with van der Waals surface area (Å²) in [5.74, 6) is 1.50. The Morgan fingerprint density at radius 3 is 1.70 bits per heavy atom. The second kappa shape index (κ2) is 16.8. The lowest BCUT2D eigenvalue weighted by Gasteiger charge is -2.42.